The number of rotatable bonds is 8. The molecule has 1 aromatic carbocycles. The third-order valence-corrected chi connectivity index (χ3v) is 17.7. The molecule has 3 aliphatic heterocycles. The molecule has 9 rings (SSSR count). The summed E-state index contributed by atoms with van der Waals surface area (Å²) in [5.41, 5.74) is 0.268. The van der Waals surface area contributed by atoms with Crippen molar-refractivity contribution in [2.75, 3.05) is 13.7 Å². The van der Waals surface area contributed by atoms with Crippen LogP contribution in [0.5, 0.6) is 11.5 Å². The fourth-order valence-corrected chi connectivity index (χ4v) is 12.2. The fraction of sp³-hybridized carbons (Fsp3) is 0.688. The van der Waals surface area contributed by atoms with E-state index in [1.165, 1.54) is 0 Å². The van der Waals surface area contributed by atoms with Gasteiger partial charge in [-0.1, -0.05) is 52.2 Å². The first-order valence-electron chi connectivity index (χ1n) is 23.6. The minimum atomic E-state index is -4.00. The topological polar surface area (TPSA) is 182 Å². The second-order valence-electron chi connectivity index (χ2n) is 20.6. The number of amides is 4. The molecule has 14 nitrogen and oxygen atoms in total. The molecule has 8 atom stereocenters. The highest BCUT2D eigenvalue weighted by molar-refractivity contribution is 7.91. The SMILES string of the molecule is COc1ccc2c3c(c(C4CC4)nc2c1)O[C@]1(CC3)C[C@H]2C(=O)N[C@]3(C(=O)NS(=O)(=O)C4(C)CC4)C[C@H]3C=CCCCCC[C@H](NC(=O)O[C@H]3C[C@H](C)CC[C@H]3C(C)C)C(=O)N2C1. The summed E-state index contributed by atoms with van der Waals surface area (Å²) in [4.78, 5) is 64.8. The van der Waals surface area contributed by atoms with Crippen LogP contribution in [0.25, 0.3) is 10.9 Å². The molecule has 0 unspecified atom stereocenters. The Hall–Kier alpha value is -4.40. The highest BCUT2D eigenvalue weighted by atomic mass is 32.2. The Balaban J connectivity index is 1.05. The number of fused-ring (bicyclic) bond motifs is 5. The molecule has 0 bridgehead atoms. The van der Waals surface area contributed by atoms with E-state index in [2.05, 4.69) is 36.1 Å². The quantitative estimate of drug-likeness (QED) is 0.240. The lowest BCUT2D eigenvalue weighted by atomic mass is 9.75. The van der Waals surface area contributed by atoms with E-state index in [9.17, 15) is 22.8 Å². The van der Waals surface area contributed by atoms with Crippen molar-refractivity contribution >= 4 is 44.7 Å². The molecule has 1 aromatic heterocycles. The van der Waals surface area contributed by atoms with Crippen molar-refractivity contribution < 1.29 is 41.8 Å². The standard InChI is InChI=1S/C48H65N5O9S/c1-28(2)33-17-13-29(3)23-39(33)61-45(57)50-36-12-10-8-6-7-9-11-31-25-48(31,44(56)52-63(58,59)46(4)21-22-46)51-42(54)38-26-47(27-53(38)43(36)55)20-19-35-34-18-16-32(60-5)24-37(34)49-40(30-14-15-30)41(35)62-47/h9,11,16,18,24,28-31,33,36,38-39H,6-8,10,12-15,17,19-23,25-27H2,1-5H3,(H,50,57)(H,51,54)(H,52,56)/t29-,31-,33+,36+,38+,39+,47-,48-/m1/s1. The van der Waals surface area contributed by atoms with Crippen LogP contribution in [0, 0.1) is 23.7 Å². The monoisotopic (exact) mass is 887 g/mol. The second kappa shape index (κ2) is 16.5. The number of sulfonamides is 1. The number of aryl methyl sites for hydroxylation is 1. The van der Waals surface area contributed by atoms with Crippen LogP contribution >= 0.6 is 0 Å². The van der Waals surface area contributed by atoms with Crippen LogP contribution in [-0.4, -0.2) is 89.8 Å². The maximum Gasteiger partial charge on any atom is 0.408 e. The Kier molecular flexibility index (Phi) is 11.5. The lowest BCUT2D eigenvalue weighted by molar-refractivity contribution is -0.141. The van der Waals surface area contributed by atoms with Crippen LogP contribution in [0.1, 0.15) is 141 Å². The Labute approximate surface area is 371 Å². The second-order valence-corrected chi connectivity index (χ2v) is 22.8. The zero-order chi connectivity index (χ0) is 44.5. The summed E-state index contributed by atoms with van der Waals surface area (Å²) in [6.07, 6.45) is 13.5. The van der Waals surface area contributed by atoms with Gasteiger partial charge in [0.2, 0.25) is 21.8 Å². The minimum Gasteiger partial charge on any atom is -0.497 e. The third-order valence-electron chi connectivity index (χ3n) is 15.5. The number of aromatic nitrogens is 1. The molecule has 0 radical (unpaired) electrons. The summed E-state index contributed by atoms with van der Waals surface area (Å²) in [7, 11) is -2.36. The molecule has 4 heterocycles. The summed E-state index contributed by atoms with van der Waals surface area (Å²) in [6.45, 7) is 8.18. The summed E-state index contributed by atoms with van der Waals surface area (Å²) in [6, 6.07) is 3.81. The van der Waals surface area contributed by atoms with Crippen LogP contribution in [0.4, 0.5) is 4.79 Å². The van der Waals surface area contributed by atoms with E-state index >= 15 is 4.79 Å². The Morgan fingerprint density at radius 3 is 2.56 bits per heavy atom. The Morgan fingerprint density at radius 2 is 1.83 bits per heavy atom. The van der Waals surface area contributed by atoms with Gasteiger partial charge >= 0.3 is 6.09 Å². The minimum absolute atomic E-state index is 0.0756. The third kappa shape index (κ3) is 8.52. The first kappa shape index (κ1) is 43.8. The molecular weight excluding hydrogens is 823 g/mol. The molecule has 7 aliphatic rings. The van der Waals surface area contributed by atoms with Crippen molar-refractivity contribution in [1.29, 1.82) is 0 Å². The van der Waals surface area contributed by atoms with Crippen LogP contribution < -0.4 is 24.8 Å². The lowest BCUT2D eigenvalue weighted by Gasteiger charge is -2.37. The highest BCUT2D eigenvalue weighted by Gasteiger charge is 2.64. The van der Waals surface area contributed by atoms with E-state index in [0.29, 0.717) is 68.3 Å². The van der Waals surface area contributed by atoms with E-state index in [1.54, 1.807) is 18.9 Å². The van der Waals surface area contributed by atoms with Gasteiger partial charge in [-0.05, 0) is 114 Å². The molecule has 63 heavy (non-hydrogen) atoms. The normalized spacial score (nSPS) is 32.9. The average Bonchev–Trinajstić information content (AvgIpc) is 4.18. The Bertz CT molecular complexity index is 2310. The van der Waals surface area contributed by atoms with Crippen molar-refractivity contribution in [1.82, 2.24) is 25.2 Å². The zero-order valence-corrected chi connectivity index (χ0v) is 38.3. The highest BCUT2D eigenvalue weighted by Crippen LogP contribution is 2.52. The van der Waals surface area contributed by atoms with Gasteiger partial charge in [-0.2, -0.15) is 0 Å². The number of alkyl carbamates (subject to hydrolysis) is 1. The zero-order valence-electron chi connectivity index (χ0n) is 37.5. The molecule has 1 spiro atoms. The largest absolute Gasteiger partial charge is 0.497 e. The number of methoxy groups -OCH3 is 1. The van der Waals surface area contributed by atoms with E-state index < -0.39 is 67.7 Å². The van der Waals surface area contributed by atoms with E-state index in [4.69, 9.17) is 19.2 Å². The molecule has 4 aliphatic carbocycles. The predicted octanol–water partition coefficient (Wildman–Crippen LogP) is 6.73. The van der Waals surface area contributed by atoms with Gasteiger partial charge in [0, 0.05) is 35.3 Å². The van der Waals surface area contributed by atoms with Gasteiger partial charge in [0.1, 0.15) is 40.8 Å². The number of benzene rings is 1. The fourth-order valence-electron chi connectivity index (χ4n) is 10.9. The van der Waals surface area contributed by atoms with Crippen LogP contribution in [0.3, 0.4) is 0 Å². The molecule has 15 heteroatoms. The number of allylic oxidation sites excluding steroid dienone is 1. The number of ether oxygens (including phenoxy) is 3. The number of nitrogens with one attached hydrogen (secondary N) is 3. The van der Waals surface area contributed by atoms with Gasteiger partial charge in [-0.25, -0.2) is 18.2 Å². The molecule has 3 N–H and O–H groups in total. The molecular formula is C48H65N5O9S. The summed E-state index contributed by atoms with van der Waals surface area (Å²) < 4.78 is 46.9. The van der Waals surface area contributed by atoms with Crippen molar-refractivity contribution in [3.05, 3.63) is 41.6 Å². The number of pyridine rings is 1. The molecule has 4 amide bonds. The first-order chi connectivity index (χ1) is 30.0. The smallest absolute Gasteiger partial charge is 0.408 e. The van der Waals surface area contributed by atoms with Crippen LogP contribution in [0.2, 0.25) is 0 Å². The van der Waals surface area contributed by atoms with Crippen molar-refractivity contribution in [2.45, 2.75) is 170 Å². The predicted molar refractivity (Wildman–Crippen MR) is 237 cm³/mol. The van der Waals surface area contributed by atoms with Gasteiger partial charge in [0.25, 0.3) is 5.91 Å². The van der Waals surface area contributed by atoms with Crippen LogP contribution in [-0.2, 0) is 35.6 Å². The molecule has 1 saturated heterocycles. The number of hydrogen-bond acceptors (Lipinski definition) is 10. The maximum atomic E-state index is 15.2. The van der Waals surface area contributed by atoms with Gasteiger partial charge in [0.15, 0.2) is 0 Å². The number of nitrogens with zero attached hydrogens (tertiary/aromatic N) is 2. The molecule has 5 fully saturated rings. The Morgan fingerprint density at radius 1 is 1.03 bits per heavy atom. The molecule has 4 saturated carbocycles. The number of carbonyl (C=O) groups excluding carboxylic acids is 4. The summed E-state index contributed by atoms with van der Waals surface area (Å²) in [5, 5.41) is 6.96. The number of carbonyl (C=O) groups is 4. The van der Waals surface area contributed by atoms with E-state index in [0.717, 1.165) is 67.1 Å². The van der Waals surface area contributed by atoms with Crippen molar-refractivity contribution in [3.8, 4) is 11.5 Å². The van der Waals surface area contributed by atoms with Gasteiger partial charge in [-0.15, -0.1) is 0 Å². The lowest BCUT2D eigenvalue weighted by Crippen LogP contribution is -2.58. The number of hydrogen-bond donors (Lipinski definition) is 3. The van der Waals surface area contributed by atoms with Crippen molar-refractivity contribution in [2.24, 2.45) is 23.7 Å². The van der Waals surface area contributed by atoms with Crippen molar-refractivity contribution in [3.63, 3.8) is 0 Å². The van der Waals surface area contributed by atoms with E-state index in [1.807, 2.05) is 30.4 Å². The molecule has 342 valence electrons. The van der Waals surface area contributed by atoms with Gasteiger partial charge in [0.05, 0.1) is 29.6 Å². The molecule has 2 aromatic rings. The summed E-state index contributed by atoms with van der Waals surface area (Å²) in [5.74, 6) is 0.453. The maximum absolute atomic E-state index is 15.2. The average molecular weight is 888 g/mol. The van der Waals surface area contributed by atoms with Crippen LogP contribution in [0.15, 0.2) is 30.4 Å². The van der Waals surface area contributed by atoms with Gasteiger partial charge < -0.3 is 29.7 Å². The first-order valence-corrected chi connectivity index (χ1v) is 25.1. The van der Waals surface area contributed by atoms with E-state index in [-0.39, 0.29) is 37.3 Å². The van der Waals surface area contributed by atoms with Gasteiger partial charge in [-0.3, -0.25) is 19.1 Å². The summed E-state index contributed by atoms with van der Waals surface area (Å²) >= 11 is 0.